The van der Waals surface area contributed by atoms with Crippen LogP contribution in [0.1, 0.15) is 86.8 Å². The lowest BCUT2D eigenvalue weighted by atomic mass is 9.85. The van der Waals surface area contributed by atoms with Gasteiger partial charge in [-0.25, -0.2) is 0 Å². The van der Waals surface area contributed by atoms with Crippen molar-refractivity contribution in [2.75, 3.05) is 7.11 Å². The standard InChI is InChI=1S/C32H38O4/c1-3-24(21-32(33)34)26-12-8-15-29(19-26)36-22-23-16-17-30(27-13-9-14-28(20-27)35-2)31(18-23)25-10-6-4-5-7-11-25/h8-9,12-20,24-25H,3-7,10-11,21-22H2,1-2H3,(H,33,34)/t24-/m0/s1. The highest BCUT2D eigenvalue weighted by Crippen LogP contribution is 2.39. The summed E-state index contributed by atoms with van der Waals surface area (Å²) < 4.78 is 11.7. The van der Waals surface area contributed by atoms with Crippen LogP contribution in [0.2, 0.25) is 0 Å². The summed E-state index contributed by atoms with van der Waals surface area (Å²) in [5.74, 6) is 1.44. The number of aliphatic carboxylic acids is 1. The quantitative estimate of drug-likeness (QED) is 0.293. The van der Waals surface area contributed by atoms with E-state index in [-0.39, 0.29) is 12.3 Å². The Morgan fingerprint density at radius 3 is 2.42 bits per heavy atom. The van der Waals surface area contributed by atoms with Gasteiger partial charge in [0.2, 0.25) is 0 Å². The predicted molar refractivity (Wildman–Crippen MR) is 145 cm³/mol. The first-order chi connectivity index (χ1) is 17.6. The zero-order valence-electron chi connectivity index (χ0n) is 21.5. The van der Waals surface area contributed by atoms with Gasteiger partial charge in [-0.3, -0.25) is 4.79 Å². The molecule has 0 heterocycles. The molecule has 0 spiro atoms. The van der Waals surface area contributed by atoms with E-state index in [9.17, 15) is 9.90 Å². The van der Waals surface area contributed by atoms with Crippen LogP contribution in [0.5, 0.6) is 11.5 Å². The number of hydrogen-bond donors (Lipinski definition) is 1. The normalized spacial score (nSPS) is 15.2. The molecule has 4 rings (SSSR count). The Bertz CT molecular complexity index is 1140. The molecule has 0 aliphatic heterocycles. The van der Waals surface area contributed by atoms with E-state index in [1.165, 1.54) is 55.2 Å². The van der Waals surface area contributed by atoms with Crippen molar-refractivity contribution in [2.45, 2.75) is 76.7 Å². The van der Waals surface area contributed by atoms with Gasteiger partial charge in [-0.05, 0) is 83.2 Å². The van der Waals surface area contributed by atoms with E-state index in [2.05, 4.69) is 36.4 Å². The highest BCUT2D eigenvalue weighted by atomic mass is 16.5. The van der Waals surface area contributed by atoms with Crippen LogP contribution in [0.3, 0.4) is 0 Å². The molecule has 3 aromatic carbocycles. The molecule has 0 saturated heterocycles. The molecule has 1 N–H and O–H groups in total. The third kappa shape index (κ3) is 6.69. The number of carboxylic acid groups (broad SMARTS) is 1. The van der Waals surface area contributed by atoms with Crippen molar-refractivity contribution in [3.05, 3.63) is 83.4 Å². The van der Waals surface area contributed by atoms with Crippen molar-refractivity contribution in [1.82, 2.24) is 0 Å². The number of carbonyl (C=O) groups is 1. The lowest BCUT2D eigenvalue weighted by molar-refractivity contribution is -0.137. The van der Waals surface area contributed by atoms with Gasteiger partial charge in [-0.1, -0.05) is 75.1 Å². The molecule has 0 bridgehead atoms. The van der Waals surface area contributed by atoms with Gasteiger partial charge in [-0.15, -0.1) is 0 Å². The van der Waals surface area contributed by atoms with Crippen LogP contribution in [0.4, 0.5) is 0 Å². The topological polar surface area (TPSA) is 55.8 Å². The Hall–Kier alpha value is -3.27. The van der Waals surface area contributed by atoms with Crippen molar-refractivity contribution in [1.29, 1.82) is 0 Å². The van der Waals surface area contributed by atoms with Crippen molar-refractivity contribution < 1.29 is 19.4 Å². The first-order valence-electron chi connectivity index (χ1n) is 13.3. The summed E-state index contributed by atoms with van der Waals surface area (Å²) in [5.41, 5.74) is 6.06. The minimum atomic E-state index is -0.768. The average Bonchev–Trinajstić information content (AvgIpc) is 3.20. The van der Waals surface area contributed by atoms with Crippen LogP contribution in [-0.2, 0) is 11.4 Å². The molecule has 0 unspecified atom stereocenters. The number of methoxy groups -OCH3 is 1. The van der Waals surface area contributed by atoms with E-state index < -0.39 is 5.97 Å². The van der Waals surface area contributed by atoms with E-state index in [1.807, 2.05) is 37.3 Å². The van der Waals surface area contributed by atoms with E-state index in [4.69, 9.17) is 9.47 Å². The molecule has 1 atom stereocenters. The molecule has 0 aromatic heterocycles. The zero-order chi connectivity index (χ0) is 25.3. The first-order valence-corrected chi connectivity index (χ1v) is 13.3. The van der Waals surface area contributed by atoms with Gasteiger partial charge in [-0.2, -0.15) is 0 Å². The van der Waals surface area contributed by atoms with Crippen LogP contribution >= 0.6 is 0 Å². The van der Waals surface area contributed by atoms with Gasteiger partial charge in [0.1, 0.15) is 18.1 Å². The van der Waals surface area contributed by atoms with Gasteiger partial charge in [0.25, 0.3) is 0 Å². The minimum absolute atomic E-state index is 0.00460. The van der Waals surface area contributed by atoms with E-state index in [0.29, 0.717) is 12.5 Å². The fourth-order valence-corrected chi connectivity index (χ4v) is 5.42. The first kappa shape index (κ1) is 25.8. The summed E-state index contributed by atoms with van der Waals surface area (Å²) in [6.45, 7) is 2.51. The zero-order valence-corrected chi connectivity index (χ0v) is 21.5. The van der Waals surface area contributed by atoms with Gasteiger partial charge >= 0.3 is 5.97 Å². The molecule has 36 heavy (non-hydrogen) atoms. The molecule has 0 radical (unpaired) electrons. The molecule has 1 aliphatic rings. The SMILES string of the molecule is CC[C@@H](CC(=O)O)c1cccc(OCc2ccc(-c3cccc(OC)c3)c(C3CCCCCC3)c2)c1. The summed E-state index contributed by atoms with van der Waals surface area (Å²) in [5, 5.41) is 9.24. The van der Waals surface area contributed by atoms with Crippen LogP contribution < -0.4 is 9.47 Å². The Labute approximate surface area is 215 Å². The molecular formula is C32H38O4. The van der Waals surface area contributed by atoms with Gasteiger partial charge < -0.3 is 14.6 Å². The summed E-state index contributed by atoms with van der Waals surface area (Å²) >= 11 is 0. The monoisotopic (exact) mass is 486 g/mol. The summed E-state index contributed by atoms with van der Waals surface area (Å²) in [4.78, 5) is 11.2. The van der Waals surface area contributed by atoms with Crippen molar-refractivity contribution >= 4 is 5.97 Å². The maximum Gasteiger partial charge on any atom is 0.303 e. The van der Waals surface area contributed by atoms with Crippen LogP contribution in [-0.4, -0.2) is 18.2 Å². The predicted octanol–water partition coefficient (Wildman–Crippen LogP) is 8.35. The number of carboxylic acids is 1. The van der Waals surface area contributed by atoms with E-state index in [1.54, 1.807) is 7.11 Å². The second kappa shape index (κ2) is 12.6. The van der Waals surface area contributed by atoms with Gasteiger partial charge in [0.15, 0.2) is 0 Å². The highest BCUT2D eigenvalue weighted by Gasteiger charge is 2.20. The van der Waals surface area contributed by atoms with Crippen LogP contribution in [0.25, 0.3) is 11.1 Å². The second-order valence-electron chi connectivity index (χ2n) is 9.91. The molecule has 1 saturated carbocycles. The second-order valence-corrected chi connectivity index (χ2v) is 9.91. The Morgan fingerprint density at radius 1 is 0.944 bits per heavy atom. The van der Waals surface area contributed by atoms with E-state index >= 15 is 0 Å². The van der Waals surface area contributed by atoms with Crippen molar-refractivity contribution in [3.8, 4) is 22.6 Å². The minimum Gasteiger partial charge on any atom is -0.497 e. The summed E-state index contributed by atoms with van der Waals surface area (Å²) in [7, 11) is 1.71. The smallest absolute Gasteiger partial charge is 0.303 e. The van der Waals surface area contributed by atoms with Crippen molar-refractivity contribution in [2.24, 2.45) is 0 Å². The maximum absolute atomic E-state index is 11.2. The van der Waals surface area contributed by atoms with Gasteiger partial charge in [0.05, 0.1) is 13.5 Å². The number of hydrogen-bond acceptors (Lipinski definition) is 3. The fourth-order valence-electron chi connectivity index (χ4n) is 5.42. The molecule has 1 fully saturated rings. The molecule has 4 heteroatoms. The number of ether oxygens (including phenoxy) is 2. The lowest BCUT2D eigenvalue weighted by Crippen LogP contribution is -2.06. The fraction of sp³-hybridized carbons (Fsp3) is 0.406. The molecule has 1 aliphatic carbocycles. The Morgan fingerprint density at radius 2 is 1.69 bits per heavy atom. The largest absolute Gasteiger partial charge is 0.497 e. The molecular weight excluding hydrogens is 448 g/mol. The maximum atomic E-state index is 11.2. The number of benzene rings is 3. The lowest BCUT2D eigenvalue weighted by Gasteiger charge is -2.21. The van der Waals surface area contributed by atoms with Crippen LogP contribution in [0.15, 0.2) is 66.7 Å². The third-order valence-corrected chi connectivity index (χ3v) is 7.44. The molecule has 4 nitrogen and oxygen atoms in total. The number of rotatable bonds is 10. The average molecular weight is 487 g/mol. The Kier molecular flexibility index (Phi) is 9.05. The van der Waals surface area contributed by atoms with Crippen molar-refractivity contribution in [3.63, 3.8) is 0 Å². The third-order valence-electron chi connectivity index (χ3n) is 7.44. The molecule has 190 valence electrons. The highest BCUT2D eigenvalue weighted by molar-refractivity contribution is 5.70. The van der Waals surface area contributed by atoms with Crippen LogP contribution in [0, 0.1) is 0 Å². The summed E-state index contributed by atoms with van der Waals surface area (Å²) in [6, 6.07) is 23.0. The molecule has 0 amide bonds. The molecule has 3 aromatic rings. The van der Waals surface area contributed by atoms with E-state index in [0.717, 1.165) is 29.0 Å². The summed E-state index contributed by atoms with van der Waals surface area (Å²) in [6.07, 6.45) is 8.59. The Balaban J connectivity index is 1.58. The van der Waals surface area contributed by atoms with Gasteiger partial charge in [0, 0.05) is 0 Å².